The van der Waals surface area contributed by atoms with Gasteiger partial charge in [0.05, 0.1) is 0 Å². The summed E-state index contributed by atoms with van der Waals surface area (Å²) in [4.78, 5) is 8.56. The van der Waals surface area contributed by atoms with Crippen molar-refractivity contribution in [1.29, 1.82) is 0 Å². The normalized spacial score (nSPS) is 10.1. The molecule has 0 bridgehead atoms. The van der Waals surface area contributed by atoms with Gasteiger partial charge < -0.3 is 10.2 Å². The monoisotopic (exact) mass is 1260 g/mol. The van der Waals surface area contributed by atoms with E-state index in [9.17, 15) is 0 Å². The molecule has 0 atom stereocenters. The third-order valence-corrected chi connectivity index (χ3v) is 21.9. The van der Waals surface area contributed by atoms with Gasteiger partial charge in [0.2, 0.25) is 0 Å². The molecule has 3 nitrogen and oxygen atoms in total. The Bertz CT molecular complexity index is 2710. The van der Waals surface area contributed by atoms with Gasteiger partial charge in [-0.2, -0.15) is 0 Å². The van der Waals surface area contributed by atoms with E-state index in [-0.39, 0.29) is 71.8 Å². The number of carbonyl (C=O) groups is 1. The molecular formula is C73H63KO3P4Pd. The maximum absolute atomic E-state index is 8.56. The summed E-state index contributed by atoms with van der Waals surface area (Å²) in [6, 6.07) is 129. The van der Waals surface area contributed by atoms with Gasteiger partial charge >= 0.3 is 57.5 Å². The zero-order valence-corrected chi connectivity index (χ0v) is 49.7. The first-order chi connectivity index (χ1) is 39.5. The Morgan fingerprint density at radius 1 is 0.183 bits per heavy atom. The average Bonchev–Trinajstić information content (AvgIpc) is 3.64. The number of rotatable bonds is 12. The summed E-state index contributed by atoms with van der Waals surface area (Å²) in [5, 5.41) is 30.7. The van der Waals surface area contributed by atoms with Gasteiger partial charge in [0.1, 0.15) is 0 Å². The molecule has 0 saturated heterocycles. The van der Waals surface area contributed by atoms with Gasteiger partial charge in [0.25, 0.3) is 0 Å². The predicted molar refractivity (Wildman–Crippen MR) is 358 cm³/mol. The summed E-state index contributed by atoms with van der Waals surface area (Å²) in [5.74, 6) is 0. The second-order valence-corrected chi connectivity index (χ2v) is 26.5. The molecule has 0 unspecified atom stereocenters. The molecule has 12 aromatic carbocycles. The van der Waals surface area contributed by atoms with Crippen LogP contribution in [0, 0.1) is 0 Å². The van der Waals surface area contributed by atoms with Crippen LogP contribution in [0.15, 0.2) is 364 Å². The van der Waals surface area contributed by atoms with Crippen LogP contribution < -0.4 is 63.7 Å². The van der Waals surface area contributed by atoms with Crippen LogP contribution in [0.25, 0.3) is 0 Å². The van der Waals surface area contributed by atoms with E-state index >= 15 is 0 Å². The largest absolute Gasteiger partial charge is 0.0622 e. The minimum absolute atomic E-state index is 0. The van der Waals surface area contributed by atoms with Crippen molar-refractivity contribution in [2.45, 2.75) is 0 Å². The Morgan fingerprint density at radius 2 is 0.244 bits per heavy atom. The van der Waals surface area contributed by atoms with Crippen molar-refractivity contribution in [1.82, 2.24) is 0 Å². The molecule has 404 valence electrons. The molecule has 0 aliphatic rings. The molecule has 0 aliphatic carbocycles. The Labute approximate surface area is 546 Å². The minimum Gasteiger partial charge on any atom is -0.0622 e. The van der Waals surface area contributed by atoms with Gasteiger partial charge in [-0.1, -0.05) is 364 Å². The van der Waals surface area contributed by atoms with E-state index in [0.717, 1.165) is 0 Å². The molecule has 0 aromatic heterocycles. The maximum atomic E-state index is 8.56. The van der Waals surface area contributed by atoms with Crippen LogP contribution in [0.4, 0.5) is 4.79 Å². The fourth-order valence-corrected chi connectivity index (χ4v) is 17.9. The maximum Gasteiger partial charge on any atom is 0 e. The Balaban J connectivity index is 0.000000170. The van der Waals surface area contributed by atoms with E-state index in [1.54, 1.807) is 0 Å². The molecule has 2 N–H and O–H groups in total. The fourth-order valence-electron chi connectivity index (χ4n) is 8.71. The Hall–Kier alpha value is -6.07. The van der Waals surface area contributed by atoms with E-state index in [0.29, 0.717) is 0 Å². The van der Waals surface area contributed by atoms with Crippen molar-refractivity contribution >= 4 is 153 Å². The number of hydrogen-bond donors (Lipinski definition) is 2. The number of carboxylic acid groups (broad SMARTS) is 2. The molecule has 82 heavy (non-hydrogen) atoms. The SMILES string of the molecule is O=C(O)O.[KH].[Pd].c1ccc(P(c2ccccc2)c2ccccc2)cc1.c1ccc(P(c2ccccc2)c2ccccc2)cc1.c1ccc(P(c2ccccc2)c2ccccc2)cc1.c1ccc(P(c2ccccc2)c2ccccc2)cc1. The molecule has 0 spiro atoms. The molecule has 0 fully saturated rings. The number of hydrogen-bond acceptors (Lipinski definition) is 1. The van der Waals surface area contributed by atoms with E-state index in [1.807, 2.05) is 0 Å². The minimum atomic E-state index is -1.83. The topological polar surface area (TPSA) is 57.5 Å². The Morgan fingerprint density at radius 3 is 0.305 bits per heavy atom. The molecule has 0 heterocycles. The fraction of sp³-hybridized carbons (Fsp3) is 0. The van der Waals surface area contributed by atoms with Crippen molar-refractivity contribution in [3.8, 4) is 0 Å². The van der Waals surface area contributed by atoms with Crippen LogP contribution in [0.1, 0.15) is 0 Å². The van der Waals surface area contributed by atoms with Crippen LogP contribution in [0.5, 0.6) is 0 Å². The van der Waals surface area contributed by atoms with Crippen molar-refractivity contribution in [3.63, 3.8) is 0 Å². The predicted octanol–water partition coefficient (Wildman–Crippen LogP) is 13.4. The van der Waals surface area contributed by atoms with Gasteiger partial charge in [-0.05, 0) is 95.3 Å². The summed E-state index contributed by atoms with van der Waals surface area (Å²) in [6.45, 7) is 0. The van der Waals surface area contributed by atoms with Crippen LogP contribution in [0.2, 0.25) is 0 Å². The van der Waals surface area contributed by atoms with Crippen LogP contribution >= 0.6 is 31.7 Å². The van der Waals surface area contributed by atoms with Crippen LogP contribution in [0.3, 0.4) is 0 Å². The van der Waals surface area contributed by atoms with Gasteiger partial charge in [-0.3, -0.25) is 0 Å². The molecule has 9 heteroatoms. The van der Waals surface area contributed by atoms with Crippen molar-refractivity contribution < 1.29 is 35.4 Å². The Kier molecular flexibility index (Phi) is 29.5. The van der Waals surface area contributed by atoms with Crippen molar-refractivity contribution in [2.24, 2.45) is 0 Å². The molecule has 0 amide bonds. The first-order valence-corrected chi connectivity index (χ1v) is 31.6. The van der Waals surface area contributed by atoms with Crippen molar-refractivity contribution in [2.75, 3.05) is 0 Å². The molecule has 12 rings (SSSR count). The van der Waals surface area contributed by atoms with Crippen LogP contribution in [-0.4, -0.2) is 67.8 Å². The summed E-state index contributed by atoms with van der Waals surface area (Å²) >= 11 is 0. The molecule has 0 radical (unpaired) electrons. The van der Waals surface area contributed by atoms with Gasteiger partial charge in [0, 0.05) is 20.4 Å². The second kappa shape index (κ2) is 37.2. The quantitative estimate of drug-likeness (QED) is 0.0947. The number of benzene rings is 12. The first kappa shape index (κ1) is 65.1. The summed E-state index contributed by atoms with van der Waals surface area (Å²) in [5.41, 5.74) is 0. The average molecular weight is 1260 g/mol. The zero-order valence-electron chi connectivity index (χ0n) is 44.5. The summed E-state index contributed by atoms with van der Waals surface area (Å²) < 4.78 is 0. The van der Waals surface area contributed by atoms with E-state index in [1.165, 1.54) is 63.7 Å². The smallest absolute Gasteiger partial charge is 0 e. The molecule has 0 saturated carbocycles. The van der Waals surface area contributed by atoms with E-state index < -0.39 is 37.8 Å². The van der Waals surface area contributed by atoms with Gasteiger partial charge in [-0.15, -0.1) is 0 Å². The van der Waals surface area contributed by atoms with Crippen molar-refractivity contribution in [3.05, 3.63) is 364 Å². The molecule has 0 aliphatic heterocycles. The standard InChI is InChI=1S/4C18H15P.CH2O3.K.Pd.H/c4*1-4-10-16(11-5-1)19(17-12-6-2-7-13-17)18-14-8-3-9-15-18;2-1(3)4;;;/h4*1-15H;(H2,2,3,4);;;. The first-order valence-electron chi connectivity index (χ1n) is 26.3. The molecule has 12 aromatic rings. The van der Waals surface area contributed by atoms with E-state index in [4.69, 9.17) is 15.0 Å². The third kappa shape index (κ3) is 20.7. The van der Waals surface area contributed by atoms with Gasteiger partial charge in [-0.25, -0.2) is 4.79 Å². The van der Waals surface area contributed by atoms with Crippen LogP contribution in [-0.2, 0) is 20.4 Å². The summed E-state index contributed by atoms with van der Waals surface area (Å²) in [6.07, 6.45) is -1.83. The van der Waals surface area contributed by atoms with E-state index in [2.05, 4.69) is 364 Å². The summed E-state index contributed by atoms with van der Waals surface area (Å²) in [7, 11) is -1.78. The third-order valence-electron chi connectivity index (χ3n) is 12.2. The molecular weight excluding hydrogens is 1190 g/mol. The zero-order chi connectivity index (χ0) is 55.2. The van der Waals surface area contributed by atoms with Gasteiger partial charge in [0.15, 0.2) is 0 Å². The second-order valence-electron chi connectivity index (χ2n) is 17.7.